The normalized spacial score (nSPS) is 27.1. The van der Waals surface area contributed by atoms with Crippen LogP contribution in [0.3, 0.4) is 0 Å². The van der Waals surface area contributed by atoms with E-state index >= 15 is 0 Å². The van der Waals surface area contributed by atoms with Crippen LogP contribution in [0.5, 0.6) is 0 Å². The fraction of sp³-hybridized carbons (Fsp3) is 0.562. The molecule has 0 aliphatic carbocycles. The summed E-state index contributed by atoms with van der Waals surface area (Å²) in [7, 11) is 0. The van der Waals surface area contributed by atoms with Crippen molar-refractivity contribution in [2.24, 2.45) is 5.92 Å². The minimum Gasteiger partial charge on any atom is -0.392 e. The van der Waals surface area contributed by atoms with Crippen LogP contribution >= 0.6 is 35.6 Å². The second-order valence-corrected chi connectivity index (χ2v) is 7.01. The number of rotatable bonds is 1. The molecule has 1 aromatic carbocycles. The monoisotopic (exact) mass is 378 g/mol. The highest BCUT2D eigenvalue weighted by molar-refractivity contribution is 6.35. The molecular weight excluding hydrogens is 359 g/mol. The summed E-state index contributed by atoms with van der Waals surface area (Å²) >= 11 is 12.4. The maximum atomic E-state index is 12.8. The van der Waals surface area contributed by atoms with Crippen LogP contribution in [0.4, 0.5) is 0 Å². The number of hydrogen-bond donors (Lipinski definition) is 2. The third-order valence-corrected chi connectivity index (χ3v) is 5.18. The largest absolute Gasteiger partial charge is 0.392 e. The van der Waals surface area contributed by atoms with Gasteiger partial charge in [0.15, 0.2) is 0 Å². The van der Waals surface area contributed by atoms with E-state index in [1.54, 1.807) is 6.07 Å². The van der Waals surface area contributed by atoms with Crippen LogP contribution in [-0.4, -0.2) is 41.7 Å². The first kappa shape index (κ1) is 18.8. The van der Waals surface area contributed by atoms with Gasteiger partial charge in [0, 0.05) is 29.7 Å². The Morgan fingerprint density at radius 2 is 2.09 bits per heavy atom. The predicted molar refractivity (Wildman–Crippen MR) is 94.5 cm³/mol. The second-order valence-electron chi connectivity index (χ2n) is 6.16. The van der Waals surface area contributed by atoms with Crippen molar-refractivity contribution in [3.63, 3.8) is 0 Å². The SMILES string of the molecule is C[C@H]1c2c(Cl)cc(Cl)cc2CCN1C(=O)C1CNCC(O)C1.Cl. The number of nitrogens with one attached hydrogen (secondary N) is 1. The Morgan fingerprint density at radius 1 is 1.35 bits per heavy atom. The van der Waals surface area contributed by atoms with Gasteiger partial charge in [0.2, 0.25) is 5.91 Å². The van der Waals surface area contributed by atoms with Crippen LogP contribution in [0.2, 0.25) is 10.0 Å². The van der Waals surface area contributed by atoms with Crippen LogP contribution in [0.25, 0.3) is 0 Å². The molecule has 2 unspecified atom stereocenters. The van der Waals surface area contributed by atoms with E-state index in [0.29, 0.717) is 36.1 Å². The Balaban J connectivity index is 0.00000192. The van der Waals surface area contributed by atoms with Gasteiger partial charge in [-0.1, -0.05) is 23.2 Å². The lowest BCUT2D eigenvalue weighted by Crippen LogP contribution is -2.49. The molecule has 7 heteroatoms. The van der Waals surface area contributed by atoms with E-state index in [9.17, 15) is 9.90 Å². The van der Waals surface area contributed by atoms with Gasteiger partial charge in [0.05, 0.1) is 18.1 Å². The lowest BCUT2D eigenvalue weighted by molar-refractivity contribution is -0.139. The first-order valence-corrected chi connectivity index (χ1v) is 8.40. The maximum Gasteiger partial charge on any atom is 0.227 e. The highest BCUT2D eigenvalue weighted by Crippen LogP contribution is 2.37. The highest BCUT2D eigenvalue weighted by Gasteiger charge is 2.35. The molecular formula is C16H21Cl3N2O2. The van der Waals surface area contributed by atoms with E-state index in [0.717, 1.165) is 17.5 Å². The van der Waals surface area contributed by atoms with E-state index in [-0.39, 0.29) is 30.3 Å². The molecule has 1 amide bonds. The average Bonchev–Trinajstić information content (AvgIpc) is 2.46. The first-order valence-electron chi connectivity index (χ1n) is 7.64. The highest BCUT2D eigenvalue weighted by atomic mass is 35.5. The molecule has 2 aliphatic rings. The van der Waals surface area contributed by atoms with Gasteiger partial charge in [-0.05, 0) is 43.0 Å². The van der Waals surface area contributed by atoms with Gasteiger partial charge >= 0.3 is 0 Å². The van der Waals surface area contributed by atoms with E-state index in [1.165, 1.54) is 0 Å². The topological polar surface area (TPSA) is 52.6 Å². The van der Waals surface area contributed by atoms with Crippen molar-refractivity contribution in [3.8, 4) is 0 Å². The minimum absolute atomic E-state index is 0. The summed E-state index contributed by atoms with van der Waals surface area (Å²) in [6.45, 7) is 3.85. The number of β-amino-alcohol motifs (C(OH)–C–C–N with tert-alkyl or cyclic N) is 1. The molecule has 3 rings (SSSR count). The predicted octanol–water partition coefficient (Wildman–Crippen LogP) is 2.83. The van der Waals surface area contributed by atoms with Crippen LogP contribution in [0.15, 0.2) is 12.1 Å². The average molecular weight is 380 g/mol. The number of fused-ring (bicyclic) bond motifs is 1. The van der Waals surface area contributed by atoms with Gasteiger partial charge in [-0.15, -0.1) is 12.4 Å². The summed E-state index contributed by atoms with van der Waals surface area (Å²) < 4.78 is 0. The molecule has 0 aromatic heterocycles. The molecule has 2 N–H and O–H groups in total. The molecule has 23 heavy (non-hydrogen) atoms. The van der Waals surface area contributed by atoms with Gasteiger partial charge in [-0.25, -0.2) is 0 Å². The quantitative estimate of drug-likeness (QED) is 0.789. The number of halogens is 3. The van der Waals surface area contributed by atoms with E-state index < -0.39 is 6.10 Å². The standard InChI is InChI=1S/C16H20Cl2N2O2.ClH/c1-9-15-10(4-12(17)6-14(15)18)2-3-20(9)16(22)11-5-13(21)8-19-7-11;/h4,6,9,11,13,19,21H,2-3,5,7-8H2,1H3;1H/t9-,11?,13?;/m0./s1. The maximum absolute atomic E-state index is 12.8. The van der Waals surface area contributed by atoms with Crippen molar-refractivity contribution in [1.82, 2.24) is 10.2 Å². The minimum atomic E-state index is -0.447. The lowest BCUT2D eigenvalue weighted by atomic mass is 9.90. The molecule has 1 fully saturated rings. The molecule has 0 saturated carbocycles. The van der Waals surface area contributed by atoms with Crippen LogP contribution in [0.1, 0.15) is 30.5 Å². The van der Waals surface area contributed by atoms with E-state index in [2.05, 4.69) is 5.32 Å². The van der Waals surface area contributed by atoms with Gasteiger partial charge in [-0.2, -0.15) is 0 Å². The molecule has 1 aromatic rings. The summed E-state index contributed by atoms with van der Waals surface area (Å²) in [4.78, 5) is 14.7. The number of nitrogens with zero attached hydrogens (tertiary/aromatic N) is 1. The number of carbonyl (C=O) groups is 1. The van der Waals surface area contributed by atoms with Crippen molar-refractivity contribution >= 4 is 41.5 Å². The van der Waals surface area contributed by atoms with Gasteiger partial charge in [0.25, 0.3) is 0 Å². The zero-order valence-corrected chi connectivity index (χ0v) is 15.2. The van der Waals surface area contributed by atoms with Crippen LogP contribution in [0, 0.1) is 5.92 Å². The fourth-order valence-corrected chi connectivity index (χ4v) is 4.24. The van der Waals surface area contributed by atoms with E-state index in [4.69, 9.17) is 23.2 Å². The van der Waals surface area contributed by atoms with Crippen molar-refractivity contribution in [1.29, 1.82) is 0 Å². The van der Waals surface area contributed by atoms with Crippen LogP contribution in [-0.2, 0) is 11.2 Å². The number of piperidine rings is 1. The molecule has 4 nitrogen and oxygen atoms in total. The smallest absolute Gasteiger partial charge is 0.227 e. The fourth-order valence-electron chi connectivity index (χ4n) is 3.55. The Labute approximate surface area is 152 Å². The molecule has 0 radical (unpaired) electrons. The molecule has 0 bridgehead atoms. The zero-order valence-electron chi connectivity index (χ0n) is 12.9. The Bertz CT molecular complexity index is 597. The number of hydrogen-bond acceptors (Lipinski definition) is 3. The number of aliphatic hydroxyl groups is 1. The van der Waals surface area contributed by atoms with Crippen molar-refractivity contribution in [2.45, 2.75) is 31.9 Å². The number of aliphatic hydroxyl groups excluding tert-OH is 1. The third-order valence-electron chi connectivity index (χ3n) is 4.65. The summed E-state index contributed by atoms with van der Waals surface area (Å²) in [6, 6.07) is 3.60. The molecule has 128 valence electrons. The molecule has 2 heterocycles. The number of carbonyl (C=O) groups excluding carboxylic acids is 1. The summed E-state index contributed by atoms with van der Waals surface area (Å²) in [5.74, 6) is -0.0748. The van der Waals surface area contributed by atoms with Gasteiger partial charge in [-0.3, -0.25) is 4.79 Å². The lowest BCUT2D eigenvalue weighted by Gasteiger charge is -2.39. The zero-order chi connectivity index (χ0) is 15.9. The van der Waals surface area contributed by atoms with Gasteiger partial charge in [0.1, 0.15) is 0 Å². The number of benzene rings is 1. The Morgan fingerprint density at radius 3 is 2.78 bits per heavy atom. The van der Waals surface area contributed by atoms with Crippen LogP contribution < -0.4 is 5.32 Å². The van der Waals surface area contributed by atoms with Crippen molar-refractivity contribution in [2.75, 3.05) is 19.6 Å². The molecule has 0 spiro atoms. The summed E-state index contributed by atoms with van der Waals surface area (Å²) in [6.07, 6.45) is 0.836. The van der Waals surface area contributed by atoms with Crippen molar-refractivity contribution < 1.29 is 9.90 Å². The summed E-state index contributed by atoms with van der Waals surface area (Å²) in [5.41, 5.74) is 2.12. The number of amides is 1. The first-order chi connectivity index (χ1) is 10.5. The second kappa shape index (κ2) is 7.58. The Kier molecular flexibility index (Phi) is 6.20. The molecule has 2 aliphatic heterocycles. The van der Waals surface area contributed by atoms with E-state index in [1.807, 2.05) is 17.9 Å². The van der Waals surface area contributed by atoms with Crippen molar-refractivity contribution in [3.05, 3.63) is 33.3 Å². The summed E-state index contributed by atoms with van der Waals surface area (Å²) in [5, 5.41) is 14.1. The molecule has 1 saturated heterocycles. The third kappa shape index (κ3) is 3.77. The Hall–Kier alpha value is -0.520. The van der Waals surface area contributed by atoms with Gasteiger partial charge < -0.3 is 15.3 Å². The molecule has 3 atom stereocenters.